The molecule has 0 amide bonds. The van der Waals surface area contributed by atoms with E-state index in [0.717, 1.165) is 0 Å². The Bertz CT molecular complexity index is 574. The zero-order valence-electron chi connectivity index (χ0n) is 12.1. The van der Waals surface area contributed by atoms with E-state index in [1.165, 1.54) is 13.3 Å². The SMILES string of the molecule is CP(=O)(CNP=O)Nc1ccccc1NP(C)(=O)CNP=O. The monoisotopic (exact) mass is 382 g/mol. The number of nitrogens with one attached hydrogen (secondary N) is 4. The highest BCUT2D eigenvalue weighted by atomic mass is 31.2. The lowest BCUT2D eigenvalue weighted by Crippen LogP contribution is -2.11. The molecule has 0 aliphatic rings. The van der Waals surface area contributed by atoms with Gasteiger partial charge in [0.2, 0.25) is 17.2 Å². The summed E-state index contributed by atoms with van der Waals surface area (Å²) >= 11 is 0. The van der Waals surface area contributed by atoms with Gasteiger partial charge in [0.05, 0.1) is 23.9 Å². The third kappa shape index (κ3) is 7.11. The summed E-state index contributed by atoms with van der Waals surface area (Å²) < 4.78 is 45.6. The van der Waals surface area contributed by atoms with Crippen molar-refractivity contribution in [3.05, 3.63) is 24.3 Å². The normalized spacial score (nSPS) is 16.8. The van der Waals surface area contributed by atoms with Crippen molar-refractivity contribution in [2.24, 2.45) is 0 Å². The molecule has 22 heavy (non-hydrogen) atoms. The van der Waals surface area contributed by atoms with Crippen molar-refractivity contribution < 1.29 is 18.3 Å². The van der Waals surface area contributed by atoms with Crippen LogP contribution in [0.2, 0.25) is 0 Å². The van der Waals surface area contributed by atoms with E-state index >= 15 is 0 Å². The van der Waals surface area contributed by atoms with Gasteiger partial charge in [-0.15, -0.1) is 0 Å². The first-order valence-electron chi connectivity index (χ1n) is 6.19. The van der Waals surface area contributed by atoms with E-state index in [9.17, 15) is 18.3 Å². The zero-order valence-corrected chi connectivity index (χ0v) is 15.7. The molecule has 0 aromatic heterocycles. The lowest BCUT2D eigenvalue weighted by molar-refractivity contribution is 0.576. The fraction of sp³-hybridized carbons (Fsp3) is 0.400. The molecule has 0 saturated carbocycles. The van der Waals surface area contributed by atoms with Crippen LogP contribution in [-0.2, 0) is 18.3 Å². The topological polar surface area (TPSA) is 116 Å². The molecule has 1 rings (SSSR count). The summed E-state index contributed by atoms with van der Waals surface area (Å²) in [5.41, 5.74) is 1.05. The molecule has 1 aromatic rings. The van der Waals surface area contributed by atoms with Gasteiger partial charge in [-0.25, -0.2) is 10.2 Å². The van der Waals surface area contributed by atoms with Crippen LogP contribution in [0, 0.1) is 0 Å². The van der Waals surface area contributed by atoms with Gasteiger partial charge in [0.25, 0.3) is 0 Å². The molecule has 0 heterocycles. The van der Waals surface area contributed by atoms with Gasteiger partial charge >= 0.3 is 0 Å². The summed E-state index contributed by atoms with van der Waals surface area (Å²) in [5, 5.41) is 10.7. The number of hydrogen-bond acceptors (Lipinski definition) is 4. The van der Waals surface area contributed by atoms with Crippen LogP contribution < -0.4 is 20.3 Å². The summed E-state index contributed by atoms with van der Waals surface area (Å²) in [6, 6.07) is 6.91. The minimum absolute atomic E-state index is 0.0484. The summed E-state index contributed by atoms with van der Waals surface area (Å²) in [4.78, 5) is 0. The highest BCUT2D eigenvalue weighted by Gasteiger charge is 2.20. The molecule has 0 saturated heterocycles. The average molecular weight is 382 g/mol. The van der Waals surface area contributed by atoms with Crippen LogP contribution in [0.5, 0.6) is 0 Å². The quantitative estimate of drug-likeness (QED) is 0.451. The van der Waals surface area contributed by atoms with Gasteiger partial charge < -0.3 is 10.2 Å². The number of rotatable bonds is 10. The van der Waals surface area contributed by atoms with Gasteiger partial charge in [-0.2, -0.15) is 0 Å². The predicted molar refractivity (Wildman–Crippen MR) is 92.0 cm³/mol. The van der Waals surface area contributed by atoms with E-state index in [0.29, 0.717) is 11.4 Å². The molecule has 0 fully saturated rings. The highest BCUT2D eigenvalue weighted by molar-refractivity contribution is 7.65. The number of para-hydroxylation sites is 2. The van der Waals surface area contributed by atoms with E-state index in [4.69, 9.17) is 0 Å². The van der Waals surface area contributed by atoms with Gasteiger partial charge in [-0.05, 0) is 12.1 Å². The Morgan fingerprint density at radius 3 is 1.55 bits per heavy atom. The molecule has 0 spiro atoms. The molecule has 0 bridgehead atoms. The van der Waals surface area contributed by atoms with Crippen molar-refractivity contribution in [2.45, 2.75) is 0 Å². The van der Waals surface area contributed by atoms with E-state index < -0.39 is 14.6 Å². The zero-order chi connectivity index (χ0) is 16.6. The van der Waals surface area contributed by atoms with Crippen molar-refractivity contribution >= 4 is 43.2 Å². The fourth-order valence-electron chi connectivity index (χ4n) is 1.59. The maximum Gasteiger partial charge on any atom is 0.246 e. The Kier molecular flexibility index (Phi) is 7.85. The lowest BCUT2D eigenvalue weighted by Gasteiger charge is -2.21. The molecule has 0 radical (unpaired) electrons. The molecule has 2 atom stereocenters. The Hall–Kier alpha value is -0.600. The molecule has 0 aliphatic heterocycles. The fourth-order valence-corrected chi connectivity index (χ4v) is 5.78. The Balaban J connectivity index is 2.90. The standard InChI is InChI=1S/C10H18N4O4P4/c1-21(17,7-11-19-15)13-9-5-3-4-6-10(9)14-22(2,18)8-12-20-16/h3-6H,7-8H2,1-2H3,(H,11,15)(H,12,16)(H,13,17)(H,14,18). The summed E-state index contributed by atoms with van der Waals surface area (Å²) in [6.45, 7) is 3.04. The summed E-state index contributed by atoms with van der Waals surface area (Å²) in [7, 11) is -6.20. The largest absolute Gasteiger partial charge is 0.334 e. The van der Waals surface area contributed by atoms with E-state index in [-0.39, 0.29) is 29.8 Å². The smallest absolute Gasteiger partial charge is 0.246 e. The molecule has 2 unspecified atom stereocenters. The predicted octanol–water partition coefficient (Wildman–Crippen LogP) is 3.83. The lowest BCUT2D eigenvalue weighted by atomic mass is 10.3. The van der Waals surface area contributed by atoms with Crippen LogP contribution in [0.3, 0.4) is 0 Å². The van der Waals surface area contributed by atoms with E-state index in [1.54, 1.807) is 24.3 Å². The van der Waals surface area contributed by atoms with Crippen LogP contribution in [-0.4, -0.2) is 25.9 Å². The van der Waals surface area contributed by atoms with Crippen LogP contribution in [0.4, 0.5) is 11.4 Å². The molecular weight excluding hydrogens is 364 g/mol. The first-order valence-corrected chi connectivity index (χ1v) is 12.5. The van der Waals surface area contributed by atoms with E-state index in [1.807, 2.05) is 0 Å². The van der Waals surface area contributed by atoms with Gasteiger partial charge in [-0.3, -0.25) is 18.3 Å². The van der Waals surface area contributed by atoms with Gasteiger partial charge in [0.15, 0.2) is 14.6 Å². The first-order chi connectivity index (χ1) is 10.3. The summed E-state index contributed by atoms with van der Waals surface area (Å²) in [5.74, 6) is 0. The van der Waals surface area contributed by atoms with Crippen LogP contribution in [0.25, 0.3) is 0 Å². The Labute approximate surface area is 132 Å². The highest BCUT2D eigenvalue weighted by Crippen LogP contribution is 2.46. The van der Waals surface area contributed by atoms with Gasteiger partial charge in [0, 0.05) is 13.3 Å². The average Bonchev–Trinajstić information content (AvgIpc) is 2.45. The van der Waals surface area contributed by atoms with Crippen LogP contribution >= 0.6 is 31.8 Å². The third-order valence-corrected chi connectivity index (χ3v) is 6.54. The summed E-state index contributed by atoms with van der Waals surface area (Å²) in [6.07, 6.45) is 0.0968. The number of benzene rings is 1. The number of hydrogen-bond donors (Lipinski definition) is 4. The first kappa shape index (κ1) is 19.4. The minimum Gasteiger partial charge on any atom is -0.334 e. The molecule has 4 N–H and O–H groups in total. The van der Waals surface area contributed by atoms with Crippen LogP contribution in [0.15, 0.2) is 24.3 Å². The minimum atomic E-state index is -2.81. The molecule has 0 aliphatic carbocycles. The molecule has 12 heteroatoms. The van der Waals surface area contributed by atoms with Crippen molar-refractivity contribution in [2.75, 3.05) is 36.1 Å². The van der Waals surface area contributed by atoms with Crippen LogP contribution in [0.1, 0.15) is 0 Å². The van der Waals surface area contributed by atoms with Gasteiger partial charge in [0.1, 0.15) is 0 Å². The molecular formula is C10H18N4O4P4. The number of anilines is 2. The van der Waals surface area contributed by atoms with Crippen molar-refractivity contribution in [1.29, 1.82) is 0 Å². The van der Waals surface area contributed by atoms with Crippen molar-refractivity contribution in [3.63, 3.8) is 0 Å². The molecule has 1 aromatic carbocycles. The Morgan fingerprint density at radius 2 is 1.23 bits per heavy atom. The van der Waals surface area contributed by atoms with Gasteiger partial charge in [-0.1, -0.05) is 12.1 Å². The van der Waals surface area contributed by atoms with E-state index in [2.05, 4.69) is 20.3 Å². The molecule has 122 valence electrons. The third-order valence-electron chi connectivity index (χ3n) is 2.51. The second kappa shape index (κ2) is 8.88. The maximum atomic E-state index is 12.4. The molecule has 8 nitrogen and oxygen atoms in total. The van der Waals surface area contributed by atoms with Crippen molar-refractivity contribution in [1.82, 2.24) is 10.2 Å². The maximum absolute atomic E-state index is 12.4. The second-order valence-corrected chi connectivity index (χ2v) is 11.3. The van der Waals surface area contributed by atoms with Crippen molar-refractivity contribution in [3.8, 4) is 0 Å². The second-order valence-electron chi connectivity index (χ2n) is 4.79. The Morgan fingerprint density at radius 1 is 0.864 bits per heavy atom.